The first-order valence-electron chi connectivity index (χ1n) is 14.0. The van der Waals surface area contributed by atoms with E-state index in [4.69, 9.17) is 29.4 Å². The Balaban J connectivity index is 1.12. The smallest absolute Gasteiger partial charge is 0.335 e. The predicted octanol–water partition coefficient (Wildman–Crippen LogP) is 4.62. The fraction of sp³-hybridized carbons (Fsp3) is 0.355. The van der Waals surface area contributed by atoms with Gasteiger partial charge < -0.3 is 23.9 Å². The summed E-state index contributed by atoms with van der Waals surface area (Å²) in [6.07, 6.45) is 1.93. The SMILES string of the molecule is N#Cc1ccc(COc2ccc3c(n2)C2=C(COC3)CN(Cc3nc4ccc(C(=O)O)cc4n3C[C@@H]3CCO3)CC2)s1. The van der Waals surface area contributed by atoms with E-state index < -0.39 is 5.97 Å². The summed E-state index contributed by atoms with van der Waals surface area (Å²) < 4.78 is 19.9. The molecule has 0 spiro atoms. The molecule has 0 aliphatic carbocycles. The zero-order valence-corrected chi connectivity index (χ0v) is 23.7. The zero-order chi connectivity index (χ0) is 28.6. The van der Waals surface area contributed by atoms with Gasteiger partial charge in [0.05, 0.1) is 54.7 Å². The molecule has 3 aliphatic heterocycles. The number of hydrogen-bond acceptors (Lipinski definition) is 9. The minimum atomic E-state index is -0.947. The van der Waals surface area contributed by atoms with Crippen LogP contribution in [0.25, 0.3) is 16.6 Å². The largest absolute Gasteiger partial charge is 0.478 e. The van der Waals surface area contributed by atoms with Gasteiger partial charge in [-0.1, -0.05) is 0 Å². The second-order valence-electron chi connectivity index (χ2n) is 10.8. The number of rotatable bonds is 8. The number of ether oxygens (including phenoxy) is 3. The molecule has 1 fully saturated rings. The molecule has 1 atom stereocenters. The van der Waals surface area contributed by atoms with Crippen molar-refractivity contribution in [2.24, 2.45) is 0 Å². The molecule has 1 N–H and O–H groups in total. The van der Waals surface area contributed by atoms with E-state index in [1.807, 2.05) is 18.2 Å². The normalized spacial score (nSPS) is 18.6. The number of benzene rings is 1. The highest BCUT2D eigenvalue weighted by Gasteiger charge is 2.28. The Hall–Kier alpha value is -4.08. The summed E-state index contributed by atoms with van der Waals surface area (Å²) in [6.45, 7) is 5.02. The molecule has 0 amide bonds. The Bertz CT molecular complexity index is 1750. The lowest BCUT2D eigenvalue weighted by atomic mass is 9.95. The number of aromatic carboxylic acids is 1. The molecule has 1 aromatic carbocycles. The van der Waals surface area contributed by atoms with E-state index in [1.54, 1.807) is 24.3 Å². The third kappa shape index (κ3) is 5.30. The Morgan fingerprint density at radius 2 is 2.10 bits per heavy atom. The average Bonchev–Trinajstić information content (AvgIpc) is 3.52. The maximum atomic E-state index is 11.7. The van der Waals surface area contributed by atoms with Crippen molar-refractivity contribution in [2.45, 2.75) is 45.2 Å². The third-order valence-corrected chi connectivity index (χ3v) is 9.01. The predicted molar refractivity (Wildman–Crippen MR) is 155 cm³/mol. The first-order valence-corrected chi connectivity index (χ1v) is 14.8. The summed E-state index contributed by atoms with van der Waals surface area (Å²) in [6, 6.07) is 14.9. The summed E-state index contributed by atoms with van der Waals surface area (Å²) in [7, 11) is 0. The van der Waals surface area contributed by atoms with Gasteiger partial charge in [0, 0.05) is 36.2 Å². The van der Waals surface area contributed by atoms with E-state index in [-0.39, 0.29) is 11.7 Å². The van der Waals surface area contributed by atoms with Crippen LogP contribution in [-0.4, -0.2) is 62.9 Å². The standard InChI is InChI=1S/C31H29N5O5S/c32-12-23-3-4-24(42-23)18-41-29-6-2-20-16-39-17-21-13-35(9-7-25(21)30(20)34-29)15-28-33-26-5-1-19(31(37)38)11-27(26)36(28)14-22-8-10-40-22/h1-6,11,22H,7-10,13-18H2,(H,37,38)/t22-/m0/s1. The first kappa shape index (κ1) is 26.8. The topological polar surface area (TPSA) is 123 Å². The summed E-state index contributed by atoms with van der Waals surface area (Å²) in [4.78, 5) is 25.5. The molecule has 1 saturated heterocycles. The van der Waals surface area contributed by atoms with Gasteiger partial charge in [-0.3, -0.25) is 4.90 Å². The maximum absolute atomic E-state index is 11.7. The van der Waals surface area contributed by atoms with E-state index in [0.29, 0.717) is 43.7 Å². The summed E-state index contributed by atoms with van der Waals surface area (Å²) >= 11 is 1.43. The summed E-state index contributed by atoms with van der Waals surface area (Å²) in [5.41, 5.74) is 6.30. The highest BCUT2D eigenvalue weighted by atomic mass is 32.1. The zero-order valence-electron chi connectivity index (χ0n) is 22.9. The van der Waals surface area contributed by atoms with Crippen LogP contribution >= 0.6 is 11.3 Å². The number of carbonyl (C=O) groups is 1. The molecule has 3 aliphatic rings. The third-order valence-electron chi connectivity index (χ3n) is 8.05. The van der Waals surface area contributed by atoms with Crippen molar-refractivity contribution in [3.63, 3.8) is 0 Å². The van der Waals surface area contributed by atoms with E-state index in [1.165, 1.54) is 22.5 Å². The van der Waals surface area contributed by atoms with Gasteiger partial charge in [0.2, 0.25) is 5.88 Å². The van der Waals surface area contributed by atoms with Gasteiger partial charge in [-0.05, 0) is 60.4 Å². The molecule has 42 heavy (non-hydrogen) atoms. The van der Waals surface area contributed by atoms with Crippen molar-refractivity contribution >= 4 is 33.9 Å². The van der Waals surface area contributed by atoms with Crippen LogP contribution in [-0.2, 0) is 35.8 Å². The van der Waals surface area contributed by atoms with Crippen LogP contribution in [0.5, 0.6) is 5.88 Å². The number of imidazole rings is 1. The van der Waals surface area contributed by atoms with Gasteiger partial charge in [0.25, 0.3) is 0 Å². The van der Waals surface area contributed by atoms with Gasteiger partial charge in [0.15, 0.2) is 0 Å². The molecule has 0 saturated carbocycles. The molecule has 0 radical (unpaired) electrons. The minimum Gasteiger partial charge on any atom is -0.478 e. The molecular formula is C31H29N5O5S. The summed E-state index contributed by atoms with van der Waals surface area (Å²) in [5, 5.41) is 18.6. The molecule has 10 nitrogen and oxygen atoms in total. The number of pyridine rings is 1. The number of carboxylic acid groups (broad SMARTS) is 1. The van der Waals surface area contributed by atoms with Crippen LogP contribution in [0.4, 0.5) is 0 Å². The van der Waals surface area contributed by atoms with Crippen LogP contribution in [0.3, 0.4) is 0 Å². The molecule has 6 heterocycles. The molecule has 4 aromatic rings. The van der Waals surface area contributed by atoms with Crippen LogP contribution in [0.2, 0.25) is 0 Å². The Morgan fingerprint density at radius 3 is 2.88 bits per heavy atom. The maximum Gasteiger partial charge on any atom is 0.335 e. The number of fused-ring (bicyclic) bond motifs is 3. The molecule has 11 heteroatoms. The second kappa shape index (κ2) is 11.3. The number of thiophene rings is 1. The second-order valence-corrected chi connectivity index (χ2v) is 12.0. The van der Waals surface area contributed by atoms with Crippen LogP contribution in [0, 0.1) is 11.3 Å². The Labute approximate surface area is 246 Å². The van der Waals surface area contributed by atoms with Crippen LogP contribution in [0.1, 0.15) is 50.0 Å². The first-order chi connectivity index (χ1) is 20.5. The van der Waals surface area contributed by atoms with E-state index in [9.17, 15) is 9.90 Å². The Kier molecular flexibility index (Phi) is 7.21. The lowest BCUT2D eigenvalue weighted by Crippen LogP contribution is -2.35. The lowest BCUT2D eigenvalue weighted by molar-refractivity contribution is -0.0592. The molecular weight excluding hydrogens is 554 g/mol. The van der Waals surface area contributed by atoms with Gasteiger partial charge in [0.1, 0.15) is 23.4 Å². The minimum absolute atomic E-state index is 0.118. The van der Waals surface area contributed by atoms with Crippen molar-refractivity contribution < 1.29 is 24.1 Å². The lowest BCUT2D eigenvalue weighted by Gasteiger charge is -2.31. The van der Waals surface area contributed by atoms with E-state index >= 15 is 0 Å². The van der Waals surface area contributed by atoms with E-state index in [2.05, 4.69) is 15.5 Å². The fourth-order valence-corrected chi connectivity index (χ4v) is 6.50. The average molecular weight is 584 g/mol. The molecule has 0 bridgehead atoms. The molecule has 0 unspecified atom stereocenters. The highest BCUT2D eigenvalue weighted by Crippen LogP contribution is 2.34. The number of nitrogens with zero attached hydrogens (tertiary/aromatic N) is 5. The van der Waals surface area contributed by atoms with Gasteiger partial charge >= 0.3 is 5.97 Å². The van der Waals surface area contributed by atoms with Crippen molar-refractivity contribution in [3.8, 4) is 11.9 Å². The number of nitriles is 1. The van der Waals surface area contributed by atoms with Crippen LogP contribution in [0.15, 0.2) is 48.0 Å². The van der Waals surface area contributed by atoms with Crippen molar-refractivity contribution in [3.05, 3.63) is 80.4 Å². The van der Waals surface area contributed by atoms with E-state index in [0.717, 1.165) is 65.5 Å². The number of aromatic nitrogens is 3. The van der Waals surface area contributed by atoms with Crippen molar-refractivity contribution in [2.75, 3.05) is 26.3 Å². The van der Waals surface area contributed by atoms with Crippen molar-refractivity contribution in [1.29, 1.82) is 5.26 Å². The highest BCUT2D eigenvalue weighted by molar-refractivity contribution is 7.12. The fourth-order valence-electron chi connectivity index (χ4n) is 5.78. The van der Waals surface area contributed by atoms with Gasteiger partial charge in [-0.25, -0.2) is 14.8 Å². The van der Waals surface area contributed by atoms with Gasteiger partial charge in [-0.2, -0.15) is 5.26 Å². The quantitative estimate of drug-likeness (QED) is 0.317. The molecule has 214 valence electrons. The van der Waals surface area contributed by atoms with Crippen molar-refractivity contribution in [1.82, 2.24) is 19.4 Å². The van der Waals surface area contributed by atoms with Gasteiger partial charge in [-0.15, -0.1) is 11.3 Å². The molecule has 3 aromatic heterocycles. The monoisotopic (exact) mass is 583 g/mol. The summed E-state index contributed by atoms with van der Waals surface area (Å²) in [5.74, 6) is 0.519. The van der Waals surface area contributed by atoms with Crippen LogP contribution < -0.4 is 4.74 Å². The number of carboxylic acids is 1. The number of hydrogen-bond donors (Lipinski definition) is 1. The molecule has 7 rings (SSSR count). The Morgan fingerprint density at radius 1 is 1.19 bits per heavy atom.